The van der Waals surface area contributed by atoms with Gasteiger partial charge in [-0.05, 0) is 41.0 Å². The van der Waals surface area contributed by atoms with Crippen LogP contribution in [0.25, 0.3) is 10.9 Å². The molecule has 0 atom stereocenters. The number of H-pyrrole nitrogens is 2. The molecule has 0 bridgehead atoms. The Balaban J connectivity index is 1.77. The highest BCUT2D eigenvalue weighted by Gasteiger charge is 2.14. The standard InChI is InChI=1S/C22H19F2N3O3S/c1-31(29,30)12-13-2-4-19(27-20-5-3-16(23)10-18(20)24)14(8-13)9-15-11-26-21-17(15)6-7-25-22(21)28/h2-8,10-11,26-27H,9,12H2,1H3,(H,25,28). The average molecular weight is 443 g/mol. The van der Waals surface area contributed by atoms with E-state index in [1.54, 1.807) is 36.7 Å². The number of rotatable bonds is 6. The van der Waals surface area contributed by atoms with Crippen molar-refractivity contribution in [3.05, 3.63) is 93.5 Å². The molecule has 0 spiro atoms. The predicted octanol–water partition coefficient (Wildman–Crippen LogP) is 4.01. The molecular formula is C22H19F2N3O3S. The van der Waals surface area contributed by atoms with Crippen molar-refractivity contribution in [3.8, 4) is 0 Å². The lowest BCUT2D eigenvalue weighted by atomic mass is 10.0. The highest BCUT2D eigenvalue weighted by atomic mass is 32.2. The van der Waals surface area contributed by atoms with Crippen molar-refractivity contribution in [2.24, 2.45) is 0 Å². The van der Waals surface area contributed by atoms with Crippen LogP contribution in [0.1, 0.15) is 16.7 Å². The molecule has 4 rings (SSSR count). The molecule has 2 aromatic carbocycles. The van der Waals surface area contributed by atoms with Crippen molar-refractivity contribution >= 4 is 32.1 Å². The van der Waals surface area contributed by atoms with Crippen LogP contribution in [0, 0.1) is 11.6 Å². The Hall–Kier alpha value is -3.46. The maximum atomic E-state index is 14.2. The van der Waals surface area contributed by atoms with Gasteiger partial charge in [-0.1, -0.05) is 12.1 Å². The van der Waals surface area contributed by atoms with Crippen molar-refractivity contribution in [2.75, 3.05) is 11.6 Å². The van der Waals surface area contributed by atoms with E-state index in [4.69, 9.17) is 0 Å². The van der Waals surface area contributed by atoms with Gasteiger partial charge >= 0.3 is 0 Å². The van der Waals surface area contributed by atoms with Gasteiger partial charge in [0.1, 0.15) is 17.2 Å². The van der Waals surface area contributed by atoms with Gasteiger partial charge in [0.2, 0.25) is 0 Å². The largest absolute Gasteiger partial charge is 0.356 e. The zero-order valence-electron chi connectivity index (χ0n) is 16.5. The highest BCUT2D eigenvalue weighted by molar-refractivity contribution is 7.89. The molecule has 9 heteroatoms. The number of anilines is 2. The number of fused-ring (bicyclic) bond motifs is 1. The Labute approximate surface area is 176 Å². The van der Waals surface area contributed by atoms with Crippen LogP contribution >= 0.6 is 0 Å². The molecule has 0 amide bonds. The summed E-state index contributed by atoms with van der Waals surface area (Å²) in [6.07, 6.45) is 4.77. The molecule has 0 aliphatic carbocycles. The lowest BCUT2D eigenvalue weighted by Crippen LogP contribution is -2.05. The van der Waals surface area contributed by atoms with Crippen LogP contribution < -0.4 is 10.9 Å². The van der Waals surface area contributed by atoms with Crippen LogP contribution in [0.3, 0.4) is 0 Å². The van der Waals surface area contributed by atoms with Crippen molar-refractivity contribution in [2.45, 2.75) is 12.2 Å². The molecule has 6 nitrogen and oxygen atoms in total. The fourth-order valence-corrected chi connectivity index (χ4v) is 4.31. The molecule has 0 saturated heterocycles. The SMILES string of the molecule is CS(=O)(=O)Cc1ccc(Nc2ccc(F)cc2F)c(Cc2c[nH]c3c(=O)[nH]ccc23)c1. The van der Waals surface area contributed by atoms with Crippen LogP contribution in [-0.2, 0) is 22.0 Å². The summed E-state index contributed by atoms with van der Waals surface area (Å²) in [5.41, 5.74) is 2.92. The number of aromatic nitrogens is 2. The zero-order valence-corrected chi connectivity index (χ0v) is 17.3. The number of halogens is 2. The summed E-state index contributed by atoms with van der Waals surface area (Å²) in [6.45, 7) is 0. The minimum atomic E-state index is -3.25. The van der Waals surface area contributed by atoms with Gasteiger partial charge in [0.15, 0.2) is 9.84 Å². The van der Waals surface area contributed by atoms with Crippen molar-refractivity contribution in [1.82, 2.24) is 9.97 Å². The molecule has 0 unspecified atom stereocenters. The second-order valence-corrected chi connectivity index (χ2v) is 9.54. The quantitative estimate of drug-likeness (QED) is 0.420. The van der Waals surface area contributed by atoms with E-state index in [-0.39, 0.29) is 17.0 Å². The Morgan fingerprint density at radius 3 is 2.48 bits per heavy atom. The fraction of sp³-hybridized carbons (Fsp3) is 0.136. The second kappa shape index (κ2) is 7.99. The topological polar surface area (TPSA) is 94.8 Å². The molecule has 0 aliphatic heterocycles. The number of sulfone groups is 1. The summed E-state index contributed by atoms with van der Waals surface area (Å²) < 4.78 is 50.9. The summed E-state index contributed by atoms with van der Waals surface area (Å²) in [5.74, 6) is -1.57. The molecule has 0 aliphatic rings. The first kappa shape index (κ1) is 20.8. The maximum Gasteiger partial charge on any atom is 0.272 e. The number of nitrogens with one attached hydrogen (secondary N) is 3. The molecule has 2 heterocycles. The molecule has 0 radical (unpaired) electrons. The number of hydrogen-bond donors (Lipinski definition) is 3. The number of hydrogen-bond acceptors (Lipinski definition) is 4. The Bertz CT molecular complexity index is 1440. The third-order valence-electron chi connectivity index (χ3n) is 4.88. The van der Waals surface area contributed by atoms with Gasteiger partial charge in [0.05, 0.1) is 11.4 Å². The fourth-order valence-electron chi connectivity index (χ4n) is 3.52. The van der Waals surface area contributed by atoms with Gasteiger partial charge in [0.25, 0.3) is 5.56 Å². The van der Waals surface area contributed by atoms with Gasteiger partial charge < -0.3 is 15.3 Å². The second-order valence-electron chi connectivity index (χ2n) is 7.40. The first-order chi connectivity index (χ1) is 14.7. The lowest BCUT2D eigenvalue weighted by Gasteiger charge is -2.15. The smallest absolute Gasteiger partial charge is 0.272 e. The van der Waals surface area contributed by atoms with E-state index in [0.29, 0.717) is 28.8 Å². The van der Waals surface area contributed by atoms with E-state index >= 15 is 0 Å². The van der Waals surface area contributed by atoms with Crippen LogP contribution in [-0.4, -0.2) is 24.6 Å². The average Bonchev–Trinajstić information content (AvgIpc) is 3.09. The lowest BCUT2D eigenvalue weighted by molar-refractivity contribution is 0.586. The van der Waals surface area contributed by atoms with Gasteiger partial charge in [-0.3, -0.25) is 4.79 Å². The Morgan fingerprint density at radius 1 is 0.968 bits per heavy atom. The molecule has 0 saturated carbocycles. The molecule has 0 fully saturated rings. The Morgan fingerprint density at radius 2 is 1.74 bits per heavy atom. The molecule has 2 aromatic heterocycles. The summed E-state index contributed by atoms with van der Waals surface area (Å²) in [4.78, 5) is 17.5. The molecule has 4 aromatic rings. The van der Waals surface area contributed by atoms with Crippen LogP contribution in [0.5, 0.6) is 0 Å². The first-order valence-electron chi connectivity index (χ1n) is 9.39. The maximum absolute atomic E-state index is 14.2. The monoisotopic (exact) mass is 443 g/mol. The molecule has 3 N–H and O–H groups in total. The third-order valence-corrected chi connectivity index (χ3v) is 5.74. The summed E-state index contributed by atoms with van der Waals surface area (Å²) in [7, 11) is -3.25. The van der Waals surface area contributed by atoms with Crippen molar-refractivity contribution in [1.29, 1.82) is 0 Å². The zero-order chi connectivity index (χ0) is 22.2. The van der Waals surface area contributed by atoms with E-state index in [9.17, 15) is 22.0 Å². The van der Waals surface area contributed by atoms with E-state index in [2.05, 4.69) is 15.3 Å². The first-order valence-corrected chi connectivity index (χ1v) is 11.4. The van der Waals surface area contributed by atoms with Gasteiger partial charge in [0, 0.05) is 42.2 Å². The van der Waals surface area contributed by atoms with E-state index < -0.39 is 21.5 Å². The summed E-state index contributed by atoms with van der Waals surface area (Å²) >= 11 is 0. The van der Waals surface area contributed by atoms with Crippen LogP contribution in [0.4, 0.5) is 20.2 Å². The van der Waals surface area contributed by atoms with Crippen molar-refractivity contribution in [3.63, 3.8) is 0 Å². The molecule has 31 heavy (non-hydrogen) atoms. The van der Waals surface area contributed by atoms with Crippen LogP contribution in [0.2, 0.25) is 0 Å². The van der Waals surface area contributed by atoms with E-state index in [1.807, 2.05) is 0 Å². The Kier molecular flexibility index (Phi) is 5.36. The summed E-state index contributed by atoms with van der Waals surface area (Å²) in [5, 5.41) is 3.69. The van der Waals surface area contributed by atoms with Gasteiger partial charge in [-0.2, -0.15) is 0 Å². The van der Waals surface area contributed by atoms with Crippen LogP contribution in [0.15, 0.2) is 59.7 Å². The molecular weight excluding hydrogens is 424 g/mol. The number of aromatic amines is 2. The highest BCUT2D eigenvalue weighted by Crippen LogP contribution is 2.29. The predicted molar refractivity (Wildman–Crippen MR) is 116 cm³/mol. The minimum absolute atomic E-state index is 0.0916. The molecule has 160 valence electrons. The van der Waals surface area contributed by atoms with E-state index in [1.165, 1.54) is 6.07 Å². The van der Waals surface area contributed by atoms with Gasteiger partial charge in [-0.15, -0.1) is 0 Å². The van der Waals surface area contributed by atoms with E-state index in [0.717, 1.165) is 29.3 Å². The minimum Gasteiger partial charge on any atom is -0.356 e. The number of pyridine rings is 1. The number of benzene rings is 2. The van der Waals surface area contributed by atoms with Crippen molar-refractivity contribution < 1.29 is 17.2 Å². The summed E-state index contributed by atoms with van der Waals surface area (Å²) in [6, 6.07) is 10.0. The van der Waals surface area contributed by atoms with Gasteiger partial charge in [-0.25, -0.2) is 17.2 Å². The normalized spacial score (nSPS) is 11.7. The third kappa shape index (κ3) is 4.66.